The summed E-state index contributed by atoms with van der Waals surface area (Å²) >= 11 is 0. The van der Waals surface area contributed by atoms with Gasteiger partial charge in [0.05, 0.1) is 0 Å². The number of halogens is 1. The molecule has 0 aliphatic rings. The summed E-state index contributed by atoms with van der Waals surface area (Å²) < 4.78 is 13.8. The number of carbonyl (C=O) groups is 1. The number of aliphatic hydroxyl groups excluding tert-OH is 1. The molecule has 0 radical (unpaired) electrons. The summed E-state index contributed by atoms with van der Waals surface area (Å²) in [6.07, 6.45) is -1.64. The largest absolute Gasteiger partial charge is 0.479 e. The zero-order valence-electron chi connectivity index (χ0n) is 9.49. The third-order valence-electron chi connectivity index (χ3n) is 2.80. The molecule has 1 unspecified atom stereocenters. The molecule has 3 nitrogen and oxygen atoms in total. The Morgan fingerprint density at radius 1 is 1.44 bits per heavy atom. The third kappa shape index (κ3) is 2.07. The van der Waals surface area contributed by atoms with E-state index in [1.54, 1.807) is 19.1 Å². The number of hydrogen-bond donors (Lipinski definition) is 2. The van der Waals surface area contributed by atoms with Crippen molar-refractivity contribution in [1.29, 1.82) is 0 Å². The minimum atomic E-state index is -1.64. The maximum atomic E-state index is 13.8. The topological polar surface area (TPSA) is 57.5 Å². The molecule has 0 bridgehead atoms. The van der Waals surface area contributed by atoms with Crippen LogP contribution >= 0.6 is 0 Å². The highest BCUT2D eigenvalue weighted by molar-refractivity contribution is 5.74. The molecule has 16 heavy (non-hydrogen) atoms. The predicted octanol–water partition coefficient (Wildman–Crippen LogP) is 1.86. The molecule has 0 saturated carbocycles. The van der Waals surface area contributed by atoms with Crippen molar-refractivity contribution in [3.63, 3.8) is 0 Å². The van der Waals surface area contributed by atoms with Gasteiger partial charge in [-0.05, 0) is 18.1 Å². The van der Waals surface area contributed by atoms with Crippen molar-refractivity contribution >= 4 is 5.97 Å². The van der Waals surface area contributed by atoms with E-state index >= 15 is 0 Å². The van der Waals surface area contributed by atoms with Crippen LogP contribution in [0, 0.1) is 12.7 Å². The van der Waals surface area contributed by atoms with E-state index < -0.39 is 23.3 Å². The molecule has 0 aliphatic heterocycles. The first-order valence-electron chi connectivity index (χ1n) is 4.95. The Labute approximate surface area is 93.5 Å². The molecule has 88 valence electrons. The standard InChI is InChI=1S/C12H15FO3/c1-7-5-4-6-8(9(7)13)12(2,3)10(14)11(15)16/h4-6,10,14H,1-3H3,(H,15,16). The fourth-order valence-electron chi connectivity index (χ4n) is 1.60. The van der Waals surface area contributed by atoms with Crippen LogP contribution in [-0.4, -0.2) is 22.3 Å². The van der Waals surface area contributed by atoms with E-state index in [0.717, 1.165) is 0 Å². The molecule has 0 saturated heterocycles. The van der Waals surface area contributed by atoms with Gasteiger partial charge in [-0.3, -0.25) is 0 Å². The van der Waals surface area contributed by atoms with Crippen LogP contribution in [0.4, 0.5) is 4.39 Å². The molecular weight excluding hydrogens is 211 g/mol. The number of hydrogen-bond acceptors (Lipinski definition) is 2. The SMILES string of the molecule is Cc1cccc(C(C)(C)C(O)C(=O)O)c1F. The van der Waals surface area contributed by atoms with Crippen LogP contribution in [0.3, 0.4) is 0 Å². The molecule has 0 amide bonds. The number of carboxylic acid groups (broad SMARTS) is 1. The molecule has 0 aliphatic carbocycles. The van der Waals surface area contributed by atoms with Gasteiger partial charge in [-0.1, -0.05) is 32.0 Å². The second kappa shape index (κ2) is 4.22. The molecule has 1 rings (SSSR count). The van der Waals surface area contributed by atoms with Crippen LogP contribution in [0.5, 0.6) is 0 Å². The lowest BCUT2D eigenvalue weighted by atomic mass is 9.78. The summed E-state index contributed by atoms with van der Waals surface area (Å²) in [5.41, 5.74) is -0.521. The van der Waals surface area contributed by atoms with E-state index in [-0.39, 0.29) is 5.56 Å². The van der Waals surface area contributed by atoms with E-state index in [0.29, 0.717) is 5.56 Å². The van der Waals surface area contributed by atoms with Crippen molar-refractivity contribution in [2.45, 2.75) is 32.3 Å². The Balaban J connectivity index is 3.26. The Kier molecular flexibility index (Phi) is 3.33. The highest BCUT2D eigenvalue weighted by Crippen LogP contribution is 2.30. The molecule has 0 fully saturated rings. The monoisotopic (exact) mass is 226 g/mol. The van der Waals surface area contributed by atoms with E-state index in [1.165, 1.54) is 19.9 Å². The number of aryl methyl sites for hydroxylation is 1. The Hall–Kier alpha value is -1.42. The maximum Gasteiger partial charge on any atom is 0.333 e. The van der Waals surface area contributed by atoms with Gasteiger partial charge in [0.25, 0.3) is 0 Å². The molecule has 0 aromatic heterocycles. The number of aliphatic hydroxyl groups is 1. The van der Waals surface area contributed by atoms with Crippen LogP contribution in [0.1, 0.15) is 25.0 Å². The van der Waals surface area contributed by atoms with Crippen molar-refractivity contribution in [1.82, 2.24) is 0 Å². The van der Waals surface area contributed by atoms with Crippen molar-refractivity contribution in [2.24, 2.45) is 0 Å². The molecule has 1 atom stereocenters. The van der Waals surface area contributed by atoms with E-state index in [2.05, 4.69) is 0 Å². The highest BCUT2D eigenvalue weighted by Gasteiger charge is 2.37. The van der Waals surface area contributed by atoms with Crippen molar-refractivity contribution in [2.75, 3.05) is 0 Å². The number of aliphatic carboxylic acids is 1. The summed E-state index contributed by atoms with van der Waals surface area (Å²) in [7, 11) is 0. The van der Waals surface area contributed by atoms with Gasteiger partial charge in [-0.25, -0.2) is 9.18 Å². The smallest absolute Gasteiger partial charge is 0.333 e. The van der Waals surface area contributed by atoms with Gasteiger partial charge >= 0.3 is 5.97 Å². The zero-order chi connectivity index (χ0) is 12.5. The first kappa shape index (κ1) is 12.6. The molecule has 1 aromatic carbocycles. The normalized spacial score (nSPS) is 13.6. The lowest BCUT2D eigenvalue weighted by Gasteiger charge is -2.29. The first-order chi connectivity index (χ1) is 7.28. The van der Waals surface area contributed by atoms with Gasteiger partial charge in [0.2, 0.25) is 0 Å². The van der Waals surface area contributed by atoms with Crippen LogP contribution < -0.4 is 0 Å². The Morgan fingerprint density at radius 2 is 2.00 bits per heavy atom. The molecule has 0 spiro atoms. The fourth-order valence-corrected chi connectivity index (χ4v) is 1.60. The van der Waals surface area contributed by atoms with Crippen molar-refractivity contribution in [3.05, 3.63) is 35.1 Å². The first-order valence-corrected chi connectivity index (χ1v) is 4.95. The number of benzene rings is 1. The summed E-state index contributed by atoms with van der Waals surface area (Å²) in [6.45, 7) is 4.61. The molecule has 2 N–H and O–H groups in total. The van der Waals surface area contributed by atoms with Crippen LogP contribution in [0.25, 0.3) is 0 Å². The average molecular weight is 226 g/mol. The highest BCUT2D eigenvalue weighted by atomic mass is 19.1. The molecule has 0 heterocycles. The predicted molar refractivity (Wildman–Crippen MR) is 57.8 cm³/mol. The van der Waals surface area contributed by atoms with Crippen molar-refractivity contribution < 1.29 is 19.4 Å². The third-order valence-corrected chi connectivity index (χ3v) is 2.80. The minimum Gasteiger partial charge on any atom is -0.479 e. The van der Waals surface area contributed by atoms with E-state index in [9.17, 15) is 14.3 Å². The fraction of sp³-hybridized carbons (Fsp3) is 0.417. The van der Waals surface area contributed by atoms with Gasteiger partial charge in [0.15, 0.2) is 6.10 Å². The Morgan fingerprint density at radius 3 is 2.50 bits per heavy atom. The number of rotatable bonds is 3. The van der Waals surface area contributed by atoms with Gasteiger partial charge < -0.3 is 10.2 Å². The zero-order valence-corrected chi connectivity index (χ0v) is 9.49. The Bertz CT molecular complexity index is 413. The summed E-state index contributed by atoms with van der Waals surface area (Å²) in [4.78, 5) is 10.7. The van der Waals surface area contributed by atoms with Gasteiger partial charge in [-0.2, -0.15) is 0 Å². The molecular formula is C12H15FO3. The maximum absolute atomic E-state index is 13.8. The summed E-state index contributed by atoms with van der Waals surface area (Å²) in [5, 5.41) is 18.3. The van der Waals surface area contributed by atoms with Crippen LogP contribution in [-0.2, 0) is 10.2 Å². The lowest BCUT2D eigenvalue weighted by Crippen LogP contribution is -2.40. The van der Waals surface area contributed by atoms with E-state index in [4.69, 9.17) is 5.11 Å². The minimum absolute atomic E-state index is 0.211. The average Bonchev–Trinajstić information content (AvgIpc) is 2.20. The number of carboxylic acids is 1. The quantitative estimate of drug-likeness (QED) is 0.827. The van der Waals surface area contributed by atoms with Crippen LogP contribution in [0.2, 0.25) is 0 Å². The summed E-state index contributed by atoms with van der Waals surface area (Å²) in [6, 6.07) is 4.74. The van der Waals surface area contributed by atoms with Crippen LogP contribution in [0.15, 0.2) is 18.2 Å². The van der Waals surface area contributed by atoms with Gasteiger partial charge in [0.1, 0.15) is 5.82 Å². The van der Waals surface area contributed by atoms with Gasteiger partial charge in [-0.15, -0.1) is 0 Å². The summed E-state index contributed by atoms with van der Waals surface area (Å²) in [5.74, 6) is -1.82. The second-order valence-corrected chi connectivity index (χ2v) is 4.40. The second-order valence-electron chi connectivity index (χ2n) is 4.40. The lowest BCUT2D eigenvalue weighted by molar-refractivity contribution is -0.150. The van der Waals surface area contributed by atoms with Gasteiger partial charge in [0, 0.05) is 5.41 Å². The molecule has 1 aromatic rings. The van der Waals surface area contributed by atoms with E-state index in [1.807, 2.05) is 0 Å². The molecule has 4 heteroatoms. The van der Waals surface area contributed by atoms with Crippen molar-refractivity contribution in [3.8, 4) is 0 Å².